The molecule has 0 aromatic heterocycles. The first-order valence-corrected chi connectivity index (χ1v) is 7.07. The van der Waals surface area contributed by atoms with Crippen molar-refractivity contribution in [2.75, 3.05) is 19.5 Å². The molecule has 2 rings (SSSR count). The Hall–Kier alpha value is -2.24. The van der Waals surface area contributed by atoms with Gasteiger partial charge in [0.25, 0.3) is 0 Å². The summed E-state index contributed by atoms with van der Waals surface area (Å²) in [4.78, 5) is 11.9. The minimum atomic E-state index is -0.378. The van der Waals surface area contributed by atoms with Gasteiger partial charge in [-0.2, -0.15) is 5.10 Å². The van der Waals surface area contributed by atoms with Crippen LogP contribution >= 0.6 is 0 Å². The Balaban J connectivity index is 1.95. The normalized spacial score (nSPS) is 14.3. The van der Waals surface area contributed by atoms with E-state index in [-0.39, 0.29) is 6.03 Å². The number of amides is 2. The van der Waals surface area contributed by atoms with Crippen LogP contribution in [-0.2, 0) is 0 Å². The largest absolute Gasteiger partial charge is 0.497 e. The Bertz CT molecular complexity index is 521. The van der Waals surface area contributed by atoms with Gasteiger partial charge in [0.2, 0.25) is 0 Å². The molecule has 1 fully saturated rings. The summed E-state index contributed by atoms with van der Waals surface area (Å²) >= 11 is 0. The first kappa shape index (κ1) is 15.2. The van der Waals surface area contributed by atoms with Crippen molar-refractivity contribution < 1.29 is 14.3 Å². The van der Waals surface area contributed by atoms with Gasteiger partial charge in [-0.25, -0.2) is 10.2 Å². The number of hydrogen-bond acceptors (Lipinski definition) is 4. The number of methoxy groups -OCH3 is 2. The predicted molar refractivity (Wildman–Crippen MR) is 82.2 cm³/mol. The molecule has 6 heteroatoms. The van der Waals surface area contributed by atoms with Gasteiger partial charge in [0.15, 0.2) is 0 Å². The highest BCUT2D eigenvalue weighted by Crippen LogP contribution is 2.28. The molecule has 0 unspecified atom stereocenters. The molecule has 0 atom stereocenters. The fourth-order valence-electron chi connectivity index (χ4n) is 2.25. The van der Waals surface area contributed by atoms with Crippen molar-refractivity contribution in [1.82, 2.24) is 5.43 Å². The van der Waals surface area contributed by atoms with Gasteiger partial charge < -0.3 is 14.8 Å². The van der Waals surface area contributed by atoms with E-state index in [0.29, 0.717) is 17.2 Å². The molecule has 0 spiro atoms. The minimum absolute atomic E-state index is 0.378. The molecule has 0 radical (unpaired) electrons. The van der Waals surface area contributed by atoms with Crippen LogP contribution in [0.2, 0.25) is 0 Å². The molecule has 1 aromatic rings. The van der Waals surface area contributed by atoms with Crippen molar-refractivity contribution in [2.24, 2.45) is 5.10 Å². The quantitative estimate of drug-likeness (QED) is 0.837. The van der Waals surface area contributed by atoms with Crippen molar-refractivity contribution in [1.29, 1.82) is 0 Å². The Labute approximate surface area is 124 Å². The summed E-state index contributed by atoms with van der Waals surface area (Å²) < 4.78 is 10.3. The molecule has 1 saturated carbocycles. The standard InChI is InChI=1S/C15H21N3O3/c1-20-12-8-9-13(14(10-12)21-2)16-15(19)18-17-11-6-4-3-5-7-11/h8-10H,3-7H2,1-2H3,(H2,16,18,19). The first-order valence-electron chi connectivity index (χ1n) is 7.07. The summed E-state index contributed by atoms with van der Waals surface area (Å²) in [6, 6.07) is 4.82. The average Bonchev–Trinajstić information content (AvgIpc) is 2.54. The number of urea groups is 1. The minimum Gasteiger partial charge on any atom is -0.497 e. The molecule has 114 valence electrons. The smallest absolute Gasteiger partial charge is 0.339 e. The molecule has 0 heterocycles. The summed E-state index contributed by atoms with van der Waals surface area (Å²) in [5.74, 6) is 1.20. The zero-order valence-electron chi connectivity index (χ0n) is 12.4. The third-order valence-electron chi connectivity index (χ3n) is 3.40. The van der Waals surface area contributed by atoms with E-state index in [1.807, 2.05) is 0 Å². The zero-order chi connectivity index (χ0) is 15.1. The number of benzene rings is 1. The van der Waals surface area contributed by atoms with E-state index in [0.717, 1.165) is 31.4 Å². The molecule has 2 amide bonds. The maximum Gasteiger partial charge on any atom is 0.339 e. The van der Waals surface area contributed by atoms with E-state index in [2.05, 4.69) is 15.8 Å². The van der Waals surface area contributed by atoms with Crippen molar-refractivity contribution in [3.05, 3.63) is 18.2 Å². The number of nitrogens with zero attached hydrogens (tertiary/aromatic N) is 1. The lowest BCUT2D eigenvalue weighted by Crippen LogP contribution is -2.26. The van der Waals surface area contributed by atoms with Crippen molar-refractivity contribution >= 4 is 17.4 Å². The Kier molecular flexibility index (Phi) is 5.43. The van der Waals surface area contributed by atoms with E-state index in [4.69, 9.17) is 9.47 Å². The lowest BCUT2D eigenvalue weighted by molar-refractivity contribution is 0.252. The van der Waals surface area contributed by atoms with E-state index >= 15 is 0 Å². The molecule has 1 aliphatic carbocycles. The van der Waals surface area contributed by atoms with Gasteiger partial charge in [-0.05, 0) is 37.8 Å². The number of anilines is 1. The van der Waals surface area contributed by atoms with Gasteiger partial charge in [0.05, 0.1) is 19.9 Å². The van der Waals surface area contributed by atoms with Gasteiger partial charge in [-0.1, -0.05) is 6.42 Å². The number of carbonyl (C=O) groups is 1. The van der Waals surface area contributed by atoms with E-state index in [1.54, 1.807) is 32.4 Å². The first-order chi connectivity index (χ1) is 10.2. The number of rotatable bonds is 4. The summed E-state index contributed by atoms with van der Waals surface area (Å²) in [6.45, 7) is 0. The Morgan fingerprint density at radius 3 is 2.57 bits per heavy atom. The third kappa shape index (κ3) is 4.37. The number of nitrogens with one attached hydrogen (secondary N) is 2. The van der Waals surface area contributed by atoms with Crippen LogP contribution in [0.5, 0.6) is 11.5 Å². The number of hydrazone groups is 1. The van der Waals surface area contributed by atoms with Crippen molar-refractivity contribution in [3.8, 4) is 11.5 Å². The SMILES string of the molecule is COc1ccc(NC(=O)NN=C2CCCCC2)c(OC)c1. The second-order valence-electron chi connectivity index (χ2n) is 4.87. The van der Waals surface area contributed by atoms with Crippen molar-refractivity contribution in [3.63, 3.8) is 0 Å². The topological polar surface area (TPSA) is 72.0 Å². The summed E-state index contributed by atoms with van der Waals surface area (Å²) in [7, 11) is 3.12. The van der Waals surface area contributed by atoms with Gasteiger partial charge in [0.1, 0.15) is 11.5 Å². The van der Waals surface area contributed by atoms with Crippen LogP contribution < -0.4 is 20.2 Å². The lowest BCUT2D eigenvalue weighted by Gasteiger charge is -2.13. The van der Waals surface area contributed by atoms with Gasteiger partial charge in [0, 0.05) is 11.8 Å². The van der Waals surface area contributed by atoms with Crippen LogP contribution in [0, 0.1) is 0 Å². The summed E-state index contributed by atoms with van der Waals surface area (Å²) in [5, 5.41) is 6.87. The fourth-order valence-corrected chi connectivity index (χ4v) is 2.25. The molecule has 0 saturated heterocycles. The van der Waals surface area contributed by atoms with Crippen LogP contribution in [0.15, 0.2) is 23.3 Å². The second kappa shape index (κ2) is 7.52. The summed E-state index contributed by atoms with van der Waals surface area (Å²) in [6.07, 6.45) is 5.47. The molecule has 1 aliphatic rings. The van der Waals surface area contributed by atoms with Crippen LogP contribution in [0.3, 0.4) is 0 Å². The van der Waals surface area contributed by atoms with E-state index in [9.17, 15) is 4.79 Å². The molecular formula is C15H21N3O3. The third-order valence-corrected chi connectivity index (χ3v) is 3.40. The molecule has 1 aromatic carbocycles. The highest BCUT2D eigenvalue weighted by molar-refractivity contribution is 5.92. The predicted octanol–water partition coefficient (Wildman–Crippen LogP) is 3.15. The van der Waals surface area contributed by atoms with E-state index < -0.39 is 0 Å². The highest BCUT2D eigenvalue weighted by atomic mass is 16.5. The molecule has 0 aliphatic heterocycles. The maximum atomic E-state index is 11.9. The highest BCUT2D eigenvalue weighted by Gasteiger charge is 2.10. The van der Waals surface area contributed by atoms with Crippen molar-refractivity contribution in [2.45, 2.75) is 32.1 Å². The summed E-state index contributed by atoms with van der Waals surface area (Å²) in [5.41, 5.74) is 4.15. The molecule has 6 nitrogen and oxygen atoms in total. The van der Waals surface area contributed by atoms with Gasteiger partial charge in [-0.3, -0.25) is 0 Å². The maximum absolute atomic E-state index is 11.9. The molecule has 21 heavy (non-hydrogen) atoms. The molecular weight excluding hydrogens is 270 g/mol. The lowest BCUT2D eigenvalue weighted by atomic mass is 9.99. The van der Waals surface area contributed by atoms with Gasteiger partial charge >= 0.3 is 6.03 Å². The van der Waals surface area contributed by atoms with E-state index in [1.165, 1.54) is 6.42 Å². The average molecular weight is 291 g/mol. The Morgan fingerprint density at radius 2 is 1.90 bits per heavy atom. The number of ether oxygens (including phenoxy) is 2. The zero-order valence-corrected chi connectivity index (χ0v) is 12.4. The van der Waals surface area contributed by atoms with Gasteiger partial charge in [-0.15, -0.1) is 0 Å². The molecule has 2 N–H and O–H groups in total. The fraction of sp³-hybridized carbons (Fsp3) is 0.467. The van der Waals surface area contributed by atoms with Crippen LogP contribution in [-0.4, -0.2) is 26.0 Å². The van der Waals surface area contributed by atoms with Crippen LogP contribution in [0.25, 0.3) is 0 Å². The number of hydrogen-bond donors (Lipinski definition) is 2. The monoisotopic (exact) mass is 291 g/mol. The molecule has 0 bridgehead atoms. The van der Waals surface area contributed by atoms with Crippen LogP contribution in [0.4, 0.5) is 10.5 Å². The number of carbonyl (C=O) groups excluding carboxylic acids is 1. The second-order valence-corrected chi connectivity index (χ2v) is 4.87. The Morgan fingerprint density at radius 1 is 1.14 bits per heavy atom. The van der Waals surface area contributed by atoms with Crippen LogP contribution in [0.1, 0.15) is 32.1 Å².